The first-order valence-electron chi connectivity index (χ1n) is 8.67. The summed E-state index contributed by atoms with van der Waals surface area (Å²) < 4.78 is 16.1. The zero-order chi connectivity index (χ0) is 21.3. The summed E-state index contributed by atoms with van der Waals surface area (Å²) in [7, 11) is 2.99. The monoisotopic (exact) mass is 443 g/mol. The Morgan fingerprint density at radius 2 is 1.70 bits per heavy atom. The maximum Gasteiger partial charge on any atom is 0.328 e. The standard InChI is InChI=1S/C20H18ClN5O3S/c1-27-17-11-18(28-2)25-19(24-17)29-16-10-6-3-7-13(16)12-22-26-20(30)23-15-9-5-4-8-14(15)21/h3-12H,1-2H3,(H2,23,26,30)/b22-12+. The zero-order valence-corrected chi connectivity index (χ0v) is 17.7. The van der Waals surface area contributed by atoms with E-state index in [0.29, 0.717) is 38.9 Å². The van der Waals surface area contributed by atoms with Crippen LogP contribution in [0.4, 0.5) is 5.69 Å². The first-order valence-corrected chi connectivity index (χ1v) is 9.46. The SMILES string of the molecule is COc1cc(OC)nc(Oc2ccccc2/C=N/NC(=S)Nc2ccccc2Cl)n1. The number of hydrogen-bond acceptors (Lipinski definition) is 7. The molecule has 154 valence electrons. The Morgan fingerprint density at radius 3 is 2.40 bits per heavy atom. The van der Waals surface area contributed by atoms with Gasteiger partial charge in [0.15, 0.2) is 5.11 Å². The average Bonchev–Trinajstić information content (AvgIpc) is 2.76. The topological polar surface area (TPSA) is 89.9 Å². The molecule has 0 fully saturated rings. The number of hydrogen-bond donors (Lipinski definition) is 2. The molecule has 30 heavy (non-hydrogen) atoms. The second-order valence-corrected chi connectivity index (χ2v) is 6.49. The molecular formula is C20H18ClN5O3S. The maximum absolute atomic E-state index is 6.10. The Balaban J connectivity index is 1.69. The maximum atomic E-state index is 6.10. The van der Waals surface area contributed by atoms with Gasteiger partial charge in [-0.3, -0.25) is 5.43 Å². The molecule has 8 nitrogen and oxygen atoms in total. The smallest absolute Gasteiger partial charge is 0.328 e. The van der Waals surface area contributed by atoms with Gasteiger partial charge in [0.2, 0.25) is 11.8 Å². The molecule has 10 heteroatoms. The summed E-state index contributed by atoms with van der Waals surface area (Å²) in [6.45, 7) is 0. The Hall–Kier alpha value is -3.43. The van der Waals surface area contributed by atoms with E-state index in [2.05, 4.69) is 25.8 Å². The van der Waals surface area contributed by atoms with Gasteiger partial charge < -0.3 is 19.5 Å². The molecule has 0 aliphatic heterocycles. The molecule has 0 radical (unpaired) electrons. The molecular weight excluding hydrogens is 426 g/mol. The summed E-state index contributed by atoms with van der Waals surface area (Å²) in [4.78, 5) is 8.32. The minimum absolute atomic E-state index is 0.0796. The number of aromatic nitrogens is 2. The van der Waals surface area contributed by atoms with Crippen LogP contribution in [-0.4, -0.2) is 35.5 Å². The molecule has 1 aromatic heterocycles. The predicted octanol–water partition coefficient (Wildman–Crippen LogP) is 4.26. The fourth-order valence-corrected chi connectivity index (χ4v) is 2.64. The highest BCUT2D eigenvalue weighted by atomic mass is 35.5. The number of halogens is 1. The molecule has 0 spiro atoms. The Bertz CT molecular complexity index is 1040. The molecule has 0 atom stereocenters. The summed E-state index contributed by atoms with van der Waals surface area (Å²) in [5, 5.41) is 7.96. The molecule has 1 heterocycles. The predicted molar refractivity (Wildman–Crippen MR) is 120 cm³/mol. The molecule has 2 aromatic carbocycles. The Morgan fingerprint density at radius 1 is 1.03 bits per heavy atom. The van der Waals surface area contributed by atoms with Crippen LogP contribution in [0.15, 0.2) is 59.7 Å². The van der Waals surface area contributed by atoms with Crippen molar-refractivity contribution < 1.29 is 14.2 Å². The Kier molecular flexibility index (Phi) is 7.36. The van der Waals surface area contributed by atoms with E-state index in [0.717, 1.165) is 0 Å². The van der Waals surface area contributed by atoms with Crippen LogP contribution in [0.2, 0.25) is 5.02 Å². The van der Waals surface area contributed by atoms with Gasteiger partial charge in [-0.2, -0.15) is 15.1 Å². The van der Waals surface area contributed by atoms with E-state index in [1.165, 1.54) is 14.2 Å². The van der Waals surface area contributed by atoms with Gasteiger partial charge in [0, 0.05) is 5.56 Å². The largest absolute Gasteiger partial charge is 0.481 e. The van der Waals surface area contributed by atoms with Crippen LogP contribution in [-0.2, 0) is 0 Å². The lowest BCUT2D eigenvalue weighted by Gasteiger charge is -2.10. The second kappa shape index (κ2) is 10.4. The number of ether oxygens (including phenoxy) is 3. The van der Waals surface area contributed by atoms with Crippen LogP contribution >= 0.6 is 23.8 Å². The minimum Gasteiger partial charge on any atom is -0.481 e. The fraction of sp³-hybridized carbons (Fsp3) is 0.100. The van der Waals surface area contributed by atoms with Crippen LogP contribution in [0, 0.1) is 0 Å². The van der Waals surface area contributed by atoms with Crippen molar-refractivity contribution in [1.29, 1.82) is 0 Å². The summed E-state index contributed by atoms with van der Waals surface area (Å²) in [6.07, 6.45) is 1.56. The number of nitrogens with zero attached hydrogens (tertiary/aromatic N) is 3. The van der Waals surface area contributed by atoms with Gasteiger partial charge in [-0.05, 0) is 36.5 Å². The van der Waals surface area contributed by atoms with Gasteiger partial charge in [-0.25, -0.2) is 0 Å². The molecule has 0 unspecified atom stereocenters. The van der Waals surface area contributed by atoms with E-state index in [-0.39, 0.29) is 6.01 Å². The lowest BCUT2D eigenvalue weighted by Crippen LogP contribution is -2.24. The highest BCUT2D eigenvalue weighted by molar-refractivity contribution is 7.80. The normalized spacial score (nSPS) is 10.5. The van der Waals surface area contributed by atoms with Gasteiger partial charge in [0.1, 0.15) is 5.75 Å². The highest BCUT2D eigenvalue weighted by Gasteiger charge is 2.10. The van der Waals surface area contributed by atoms with E-state index < -0.39 is 0 Å². The second-order valence-electron chi connectivity index (χ2n) is 5.68. The van der Waals surface area contributed by atoms with E-state index in [9.17, 15) is 0 Å². The Labute approximate surface area is 183 Å². The van der Waals surface area contributed by atoms with E-state index in [1.807, 2.05) is 36.4 Å². The summed E-state index contributed by atoms with van der Waals surface area (Å²) in [5.41, 5.74) is 4.10. The molecule has 0 bridgehead atoms. The lowest BCUT2D eigenvalue weighted by atomic mass is 10.2. The highest BCUT2D eigenvalue weighted by Crippen LogP contribution is 2.25. The van der Waals surface area contributed by atoms with Crippen molar-refractivity contribution in [3.05, 3.63) is 65.2 Å². The number of methoxy groups -OCH3 is 2. The number of hydrazone groups is 1. The van der Waals surface area contributed by atoms with Crippen molar-refractivity contribution in [3.63, 3.8) is 0 Å². The van der Waals surface area contributed by atoms with Crippen molar-refractivity contribution in [1.82, 2.24) is 15.4 Å². The van der Waals surface area contributed by atoms with Gasteiger partial charge in [0.25, 0.3) is 0 Å². The lowest BCUT2D eigenvalue weighted by molar-refractivity contribution is 0.348. The van der Waals surface area contributed by atoms with Gasteiger partial charge >= 0.3 is 6.01 Å². The van der Waals surface area contributed by atoms with E-state index in [4.69, 9.17) is 38.0 Å². The van der Waals surface area contributed by atoms with Gasteiger partial charge in [-0.1, -0.05) is 35.9 Å². The number of benzene rings is 2. The zero-order valence-electron chi connectivity index (χ0n) is 16.1. The van der Waals surface area contributed by atoms with Crippen molar-refractivity contribution in [2.75, 3.05) is 19.5 Å². The molecule has 0 saturated carbocycles. The number of thiocarbonyl (C=S) groups is 1. The van der Waals surface area contributed by atoms with Gasteiger partial charge in [-0.15, -0.1) is 0 Å². The molecule has 0 aliphatic carbocycles. The van der Waals surface area contributed by atoms with Crippen LogP contribution in [0.25, 0.3) is 0 Å². The fourth-order valence-electron chi connectivity index (χ4n) is 2.29. The van der Waals surface area contributed by atoms with E-state index >= 15 is 0 Å². The summed E-state index contributed by atoms with van der Waals surface area (Å²) in [6, 6.07) is 16.1. The molecule has 3 aromatic rings. The molecule has 2 N–H and O–H groups in total. The van der Waals surface area contributed by atoms with Crippen LogP contribution in [0.5, 0.6) is 23.5 Å². The number of anilines is 1. The molecule has 3 rings (SSSR count). The van der Waals surface area contributed by atoms with Crippen LogP contribution in [0.1, 0.15) is 5.56 Å². The van der Waals surface area contributed by atoms with Crippen LogP contribution in [0.3, 0.4) is 0 Å². The summed E-state index contributed by atoms with van der Waals surface area (Å²) in [5.74, 6) is 1.13. The minimum atomic E-state index is 0.0796. The number of para-hydroxylation sites is 2. The van der Waals surface area contributed by atoms with Crippen LogP contribution < -0.4 is 25.0 Å². The van der Waals surface area contributed by atoms with Crippen molar-refractivity contribution in [2.45, 2.75) is 0 Å². The third kappa shape index (κ3) is 5.79. The number of rotatable bonds is 7. The average molecular weight is 444 g/mol. The van der Waals surface area contributed by atoms with Crippen molar-refractivity contribution >= 4 is 40.8 Å². The summed E-state index contributed by atoms with van der Waals surface area (Å²) >= 11 is 11.3. The molecule has 0 aliphatic rings. The first kappa shape index (κ1) is 21.3. The van der Waals surface area contributed by atoms with Crippen molar-refractivity contribution in [2.24, 2.45) is 5.10 Å². The third-order valence-electron chi connectivity index (χ3n) is 3.69. The first-order chi connectivity index (χ1) is 14.6. The third-order valence-corrected chi connectivity index (χ3v) is 4.21. The quantitative estimate of drug-likeness (QED) is 0.318. The molecule has 0 saturated heterocycles. The molecule has 0 amide bonds. The number of nitrogens with one attached hydrogen (secondary N) is 2. The van der Waals surface area contributed by atoms with Crippen molar-refractivity contribution in [3.8, 4) is 23.5 Å². The van der Waals surface area contributed by atoms with E-state index in [1.54, 1.807) is 24.4 Å². The van der Waals surface area contributed by atoms with Gasteiger partial charge in [0.05, 0.1) is 37.2 Å².